The van der Waals surface area contributed by atoms with E-state index in [9.17, 15) is 24.6 Å². The van der Waals surface area contributed by atoms with Crippen LogP contribution < -0.4 is 15.4 Å². The predicted octanol–water partition coefficient (Wildman–Crippen LogP) is 7.48. The van der Waals surface area contributed by atoms with Gasteiger partial charge in [-0.05, 0) is 126 Å². The second-order valence-corrected chi connectivity index (χ2v) is 18.7. The summed E-state index contributed by atoms with van der Waals surface area (Å²) in [6.45, 7) is 9.55. The number of amides is 2. The molecule has 63 heavy (non-hydrogen) atoms. The van der Waals surface area contributed by atoms with Crippen molar-refractivity contribution in [2.24, 2.45) is 5.92 Å². The Bertz CT molecular complexity index is 1940. The highest BCUT2D eigenvalue weighted by atomic mass is 127. The number of aliphatic hydroxyl groups is 1. The number of aliphatic carboxylic acids is 1. The number of carbonyl (C=O) groups is 3. The molecular weight excluding hydrogens is 913 g/mol. The molecule has 0 unspecified atom stereocenters. The minimum atomic E-state index is -0.808. The van der Waals surface area contributed by atoms with Crippen LogP contribution in [0.15, 0.2) is 36.4 Å². The molecule has 6 rings (SSSR count). The first kappa shape index (κ1) is 48.7. The number of aliphatic hydroxyl groups excluding tert-OH is 1. The Morgan fingerprint density at radius 3 is 2.62 bits per heavy atom. The molecule has 1 aromatic carbocycles. The van der Waals surface area contributed by atoms with E-state index in [1.54, 1.807) is 4.90 Å². The molecule has 0 spiro atoms. The summed E-state index contributed by atoms with van der Waals surface area (Å²) in [6.07, 6.45) is 13.6. The van der Waals surface area contributed by atoms with Crippen LogP contribution in [0.2, 0.25) is 0 Å². The average molecular weight is 984 g/mol. The highest BCUT2D eigenvalue weighted by Gasteiger charge is 2.34. The van der Waals surface area contributed by atoms with Gasteiger partial charge in [-0.2, -0.15) is 5.10 Å². The Morgan fingerprint density at radius 2 is 1.81 bits per heavy atom. The number of rotatable bonds is 26. The van der Waals surface area contributed by atoms with Gasteiger partial charge in [0.2, 0.25) is 11.8 Å². The fraction of sp³-hybridized carbons (Fsp3) is 0.646. The summed E-state index contributed by atoms with van der Waals surface area (Å²) in [4.78, 5) is 46.4. The Balaban J connectivity index is 0.906. The zero-order chi connectivity index (χ0) is 44.6. The lowest BCUT2D eigenvalue weighted by molar-refractivity contribution is -0.137. The first-order valence-corrected chi connectivity index (χ1v) is 24.4. The molecular formula is C48H70IN7O7. The van der Waals surface area contributed by atoms with Crippen molar-refractivity contribution in [1.82, 2.24) is 29.9 Å². The third-order valence-corrected chi connectivity index (χ3v) is 13.2. The lowest BCUT2D eigenvalue weighted by atomic mass is 9.94. The number of aromatic nitrogens is 3. The molecule has 0 saturated carbocycles. The van der Waals surface area contributed by atoms with Gasteiger partial charge in [0.25, 0.3) is 0 Å². The number of β-amino-alcohol motifs (C(OH)–C–C–N with tert-alkyl or cyclic N) is 1. The number of unbranched alkanes of at least 4 members (excludes halogenated alkanes) is 6. The summed E-state index contributed by atoms with van der Waals surface area (Å²) in [5.41, 5.74) is 6.21. The van der Waals surface area contributed by atoms with Crippen molar-refractivity contribution in [2.45, 2.75) is 141 Å². The van der Waals surface area contributed by atoms with E-state index in [1.807, 2.05) is 59.7 Å². The number of carboxylic acids is 1. The van der Waals surface area contributed by atoms with Gasteiger partial charge in [-0.15, -0.1) is 0 Å². The zero-order valence-electron chi connectivity index (χ0n) is 37.5. The maximum atomic E-state index is 12.6. The average Bonchev–Trinajstić information content (AvgIpc) is 3.98. The molecule has 0 bridgehead atoms. The monoisotopic (exact) mass is 983 g/mol. The smallest absolute Gasteiger partial charge is 0.304 e. The highest BCUT2D eigenvalue weighted by Crippen LogP contribution is 2.32. The molecule has 2 saturated heterocycles. The van der Waals surface area contributed by atoms with Gasteiger partial charge in [-0.25, -0.2) is 9.67 Å². The maximum Gasteiger partial charge on any atom is 0.304 e. The van der Waals surface area contributed by atoms with E-state index in [0.29, 0.717) is 58.0 Å². The molecule has 4 N–H and O–H groups in total. The molecule has 15 heteroatoms. The molecule has 2 aromatic heterocycles. The number of aryl methyl sites for hydroxylation is 4. The van der Waals surface area contributed by atoms with Gasteiger partial charge in [0.05, 0.1) is 43.2 Å². The third-order valence-electron chi connectivity index (χ3n) is 12.8. The first-order valence-electron chi connectivity index (χ1n) is 23.5. The van der Waals surface area contributed by atoms with E-state index in [1.165, 1.54) is 5.56 Å². The number of hydrogen-bond donors (Lipinski definition) is 4. The number of anilines is 1. The maximum absolute atomic E-state index is 12.6. The van der Waals surface area contributed by atoms with Gasteiger partial charge in [0.15, 0.2) is 0 Å². The van der Waals surface area contributed by atoms with E-state index in [4.69, 9.17) is 17.9 Å². The zero-order valence-corrected chi connectivity index (χ0v) is 39.7. The van der Waals surface area contributed by atoms with E-state index in [-0.39, 0.29) is 30.2 Å². The fourth-order valence-corrected chi connectivity index (χ4v) is 9.91. The van der Waals surface area contributed by atoms with E-state index in [0.717, 1.165) is 143 Å². The number of nitrogens with one attached hydrogen (secondary N) is 2. The minimum Gasteiger partial charge on any atom is -0.494 e. The lowest BCUT2D eigenvalue weighted by Gasteiger charge is -2.24. The molecule has 5 heterocycles. The number of carbonyl (C=O) groups excluding carboxylic acids is 2. The van der Waals surface area contributed by atoms with Gasteiger partial charge in [0.1, 0.15) is 34.6 Å². The van der Waals surface area contributed by atoms with Crippen LogP contribution in [0.5, 0.6) is 5.75 Å². The Morgan fingerprint density at radius 1 is 1.00 bits per heavy atom. The summed E-state index contributed by atoms with van der Waals surface area (Å²) in [7, 11) is 0. The second-order valence-electron chi connectivity index (χ2n) is 18.1. The standard InChI is InChI=1S/C48H70IN7O7/c1-34-24-35(2)56(53-34)41-25-38(39(27-47(60)61)31-54-22-19-36(30-54)15-17-40-18-16-37-12-11-21-51-48(37)52-40)26-44(29-41)62-23-10-5-3-4-7-13-45(58)50-20-9-6-8-14-46(59)55-32-43(57)28-42(55)33-63-49/h16,18,24-26,29,36,39,42-43,57H,3-15,17,19-23,27-28,30-33H2,1-2H3,(H,50,58)(H,51,52)(H,60,61)/t36-,39-,42+,43-/m1/s1. The SMILES string of the molecule is Cc1cc(C)n(-c2cc(OCCCCCCCC(=O)NCCCCCC(=O)N3C[C@H](O)C[C@H]3COI)cc([C@H](CC(=O)O)CN3CC[C@@H](CCc4ccc5c(n4)NCCC5)C3)c2)n1. The Hall–Kier alpha value is -3.80. The highest BCUT2D eigenvalue weighted by molar-refractivity contribution is 14.1. The number of halogens is 1. The molecule has 0 aliphatic carbocycles. The van der Waals surface area contributed by atoms with Crippen LogP contribution in [0.1, 0.15) is 130 Å². The quantitative estimate of drug-likeness (QED) is 0.0465. The van der Waals surface area contributed by atoms with Gasteiger partial charge < -0.3 is 38.4 Å². The molecule has 3 aliphatic rings. The number of likely N-dealkylation sites (tertiary alicyclic amines) is 2. The minimum absolute atomic E-state index is 0.0373. The van der Waals surface area contributed by atoms with Gasteiger partial charge >= 0.3 is 5.97 Å². The summed E-state index contributed by atoms with van der Waals surface area (Å²) in [5, 5.41) is 31.2. The van der Waals surface area contributed by atoms with Crippen LogP contribution in [-0.4, -0.2) is 117 Å². The van der Waals surface area contributed by atoms with Crippen LogP contribution in [0, 0.1) is 19.8 Å². The second kappa shape index (κ2) is 25.0. The van der Waals surface area contributed by atoms with E-state index in [2.05, 4.69) is 33.7 Å². The summed E-state index contributed by atoms with van der Waals surface area (Å²) in [6, 6.07) is 12.5. The Labute approximate surface area is 387 Å². The molecule has 2 fully saturated rings. The van der Waals surface area contributed by atoms with Crippen molar-refractivity contribution in [1.29, 1.82) is 0 Å². The normalized spacial score (nSPS) is 19.2. The Kier molecular flexibility index (Phi) is 19.3. The van der Waals surface area contributed by atoms with E-state index < -0.39 is 12.1 Å². The number of nitrogens with zero attached hydrogens (tertiary/aromatic N) is 5. The van der Waals surface area contributed by atoms with E-state index >= 15 is 0 Å². The van der Waals surface area contributed by atoms with Crippen molar-refractivity contribution in [3.05, 3.63) is 64.6 Å². The van der Waals surface area contributed by atoms with Crippen molar-refractivity contribution >= 4 is 46.6 Å². The van der Waals surface area contributed by atoms with Crippen LogP contribution in [-0.2, 0) is 30.3 Å². The predicted molar refractivity (Wildman–Crippen MR) is 253 cm³/mol. The number of fused-ring (bicyclic) bond motifs is 1. The number of benzene rings is 1. The molecule has 346 valence electrons. The summed E-state index contributed by atoms with van der Waals surface area (Å²) >= 11 is 1.83. The first-order chi connectivity index (χ1) is 30.5. The summed E-state index contributed by atoms with van der Waals surface area (Å²) < 4.78 is 13.5. The van der Waals surface area contributed by atoms with Gasteiger partial charge in [0, 0.05) is 68.9 Å². The van der Waals surface area contributed by atoms with Crippen LogP contribution >= 0.6 is 23.0 Å². The molecule has 4 atom stereocenters. The molecule has 14 nitrogen and oxygen atoms in total. The number of pyridine rings is 1. The molecule has 3 aliphatic heterocycles. The number of ether oxygens (including phenoxy) is 1. The number of carboxylic acid groups (broad SMARTS) is 1. The fourth-order valence-electron chi connectivity index (χ4n) is 9.50. The van der Waals surface area contributed by atoms with Crippen molar-refractivity contribution in [3.8, 4) is 11.4 Å². The van der Waals surface area contributed by atoms with Crippen LogP contribution in [0.4, 0.5) is 5.82 Å². The van der Waals surface area contributed by atoms with Gasteiger partial charge in [-0.1, -0.05) is 31.7 Å². The van der Waals surface area contributed by atoms with Crippen molar-refractivity contribution in [2.75, 3.05) is 57.8 Å². The molecule has 3 aromatic rings. The third kappa shape index (κ3) is 15.4. The van der Waals surface area contributed by atoms with Crippen LogP contribution in [0.25, 0.3) is 5.69 Å². The van der Waals surface area contributed by atoms with Gasteiger partial charge in [-0.3, -0.25) is 14.4 Å². The van der Waals surface area contributed by atoms with Crippen LogP contribution in [0.3, 0.4) is 0 Å². The number of hydrogen-bond acceptors (Lipinski definition) is 10. The molecule has 0 radical (unpaired) electrons. The molecule has 2 amide bonds. The summed E-state index contributed by atoms with van der Waals surface area (Å²) in [5.74, 6) is 1.45. The lowest BCUT2D eigenvalue weighted by Crippen LogP contribution is -2.38. The topological polar surface area (TPSA) is 171 Å². The van der Waals surface area contributed by atoms with Crippen molar-refractivity contribution < 1.29 is 32.4 Å². The largest absolute Gasteiger partial charge is 0.494 e. The van der Waals surface area contributed by atoms with Crippen molar-refractivity contribution in [3.63, 3.8) is 0 Å².